The summed E-state index contributed by atoms with van der Waals surface area (Å²) >= 11 is 3.42. The summed E-state index contributed by atoms with van der Waals surface area (Å²) in [6.07, 6.45) is 1.54. The van der Waals surface area contributed by atoms with E-state index in [1.165, 1.54) is 6.26 Å². The maximum absolute atomic E-state index is 5.37. The van der Waals surface area contributed by atoms with E-state index >= 15 is 0 Å². The Balaban J connectivity index is 2.52. The first-order chi connectivity index (χ1) is 6.27. The highest BCUT2D eigenvalue weighted by Gasteiger charge is 2.06. The summed E-state index contributed by atoms with van der Waals surface area (Å²) < 4.78 is 5.90. The van der Waals surface area contributed by atoms with E-state index in [9.17, 15) is 0 Å². The molecule has 0 atom stereocenters. The Morgan fingerprint density at radius 1 is 1.31 bits per heavy atom. The van der Waals surface area contributed by atoms with Crippen LogP contribution in [-0.4, -0.2) is 4.98 Å². The van der Waals surface area contributed by atoms with Gasteiger partial charge in [-0.2, -0.15) is 4.98 Å². The van der Waals surface area contributed by atoms with E-state index in [2.05, 4.69) is 20.9 Å². The molecule has 1 aromatic carbocycles. The summed E-state index contributed by atoms with van der Waals surface area (Å²) in [6.45, 7) is 0. The quantitative estimate of drug-likeness (QED) is 0.832. The van der Waals surface area contributed by atoms with Crippen LogP contribution in [0.3, 0.4) is 0 Å². The lowest BCUT2D eigenvalue weighted by Crippen LogP contribution is -1.84. The smallest absolute Gasteiger partial charge is 0.292 e. The summed E-state index contributed by atoms with van der Waals surface area (Å²) in [5, 5.41) is 0. The number of hydrogen-bond donors (Lipinski definition) is 1. The first kappa shape index (κ1) is 8.31. The van der Waals surface area contributed by atoms with Gasteiger partial charge in [0.05, 0.1) is 0 Å². The molecular formula is C9H7BrN2O. The molecule has 1 aromatic heterocycles. The van der Waals surface area contributed by atoms with Gasteiger partial charge in [0.2, 0.25) is 0 Å². The molecule has 0 saturated heterocycles. The highest BCUT2D eigenvalue weighted by Crippen LogP contribution is 2.27. The van der Waals surface area contributed by atoms with Gasteiger partial charge in [-0.1, -0.05) is 34.1 Å². The van der Waals surface area contributed by atoms with Crippen molar-refractivity contribution >= 4 is 21.9 Å². The fourth-order valence-corrected chi connectivity index (χ4v) is 1.57. The molecule has 0 bridgehead atoms. The summed E-state index contributed by atoms with van der Waals surface area (Å²) in [6, 6.07) is 7.95. The second kappa shape index (κ2) is 3.22. The van der Waals surface area contributed by atoms with E-state index in [1.54, 1.807) is 0 Å². The minimum atomic E-state index is 0.186. The Morgan fingerprint density at radius 3 is 2.69 bits per heavy atom. The Kier molecular flexibility index (Phi) is 2.06. The maximum Gasteiger partial charge on any atom is 0.292 e. The molecule has 66 valence electrons. The lowest BCUT2D eigenvalue weighted by molar-refractivity contribution is 0.581. The lowest BCUT2D eigenvalue weighted by atomic mass is 10.2. The third-order valence-electron chi connectivity index (χ3n) is 1.67. The van der Waals surface area contributed by atoms with Gasteiger partial charge in [-0.05, 0) is 6.07 Å². The zero-order valence-corrected chi connectivity index (χ0v) is 8.28. The highest BCUT2D eigenvalue weighted by atomic mass is 79.9. The molecular weight excluding hydrogens is 232 g/mol. The van der Waals surface area contributed by atoms with Crippen molar-refractivity contribution in [2.24, 2.45) is 0 Å². The minimum absolute atomic E-state index is 0.186. The molecule has 0 spiro atoms. The highest BCUT2D eigenvalue weighted by molar-refractivity contribution is 9.10. The van der Waals surface area contributed by atoms with E-state index in [0.717, 1.165) is 15.7 Å². The molecule has 2 aromatic rings. The number of benzene rings is 1. The van der Waals surface area contributed by atoms with E-state index < -0.39 is 0 Å². The molecule has 0 aliphatic rings. The van der Waals surface area contributed by atoms with Crippen LogP contribution in [0.2, 0.25) is 0 Å². The second-order valence-corrected chi connectivity index (χ2v) is 3.41. The van der Waals surface area contributed by atoms with Gasteiger partial charge in [-0.25, -0.2) is 0 Å². The molecule has 0 aliphatic heterocycles. The number of aromatic nitrogens is 1. The number of rotatable bonds is 1. The van der Waals surface area contributed by atoms with Crippen molar-refractivity contribution in [3.63, 3.8) is 0 Å². The monoisotopic (exact) mass is 238 g/mol. The molecule has 1 heterocycles. The third-order valence-corrected chi connectivity index (χ3v) is 2.36. The average Bonchev–Trinajstić information content (AvgIpc) is 2.53. The van der Waals surface area contributed by atoms with Crippen LogP contribution in [0.25, 0.3) is 11.3 Å². The van der Waals surface area contributed by atoms with Gasteiger partial charge < -0.3 is 10.2 Å². The van der Waals surface area contributed by atoms with Crippen molar-refractivity contribution in [1.29, 1.82) is 0 Å². The molecule has 2 rings (SSSR count). The molecule has 0 amide bonds. The van der Waals surface area contributed by atoms with Crippen molar-refractivity contribution in [2.75, 3.05) is 5.73 Å². The second-order valence-electron chi connectivity index (χ2n) is 2.55. The van der Waals surface area contributed by atoms with Crippen LogP contribution in [0.1, 0.15) is 0 Å². The number of anilines is 1. The zero-order valence-electron chi connectivity index (χ0n) is 6.70. The van der Waals surface area contributed by atoms with Crippen molar-refractivity contribution in [2.45, 2.75) is 0 Å². The summed E-state index contributed by atoms with van der Waals surface area (Å²) in [5.74, 6) is 0. The van der Waals surface area contributed by atoms with Crippen LogP contribution in [0, 0.1) is 0 Å². The fourth-order valence-electron chi connectivity index (χ4n) is 1.08. The van der Waals surface area contributed by atoms with Crippen LogP contribution in [-0.2, 0) is 0 Å². The number of nitrogens with two attached hydrogens (primary N) is 1. The summed E-state index contributed by atoms with van der Waals surface area (Å²) in [5.41, 5.74) is 7.09. The summed E-state index contributed by atoms with van der Waals surface area (Å²) in [4.78, 5) is 4.02. The summed E-state index contributed by atoms with van der Waals surface area (Å²) in [7, 11) is 0. The van der Waals surface area contributed by atoms with Crippen molar-refractivity contribution in [1.82, 2.24) is 4.98 Å². The van der Waals surface area contributed by atoms with Gasteiger partial charge >= 0.3 is 0 Å². The normalized spacial score (nSPS) is 10.2. The Hall–Kier alpha value is -1.29. The SMILES string of the molecule is Nc1nc(-c2ccccc2Br)co1. The van der Waals surface area contributed by atoms with Gasteiger partial charge in [0.25, 0.3) is 6.01 Å². The molecule has 0 fully saturated rings. The van der Waals surface area contributed by atoms with Gasteiger partial charge in [-0.3, -0.25) is 0 Å². The molecule has 0 saturated carbocycles. The van der Waals surface area contributed by atoms with E-state index in [1.807, 2.05) is 24.3 Å². The van der Waals surface area contributed by atoms with Crippen LogP contribution in [0.4, 0.5) is 6.01 Å². The number of oxazole rings is 1. The van der Waals surface area contributed by atoms with Gasteiger partial charge in [0.15, 0.2) is 0 Å². The molecule has 4 heteroatoms. The molecule has 0 unspecified atom stereocenters. The van der Waals surface area contributed by atoms with Crippen LogP contribution in [0.5, 0.6) is 0 Å². The standard InChI is InChI=1S/C9H7BrN2O/c10-7-4-2-1-3-6(7)8-5-13-9(11)12-8/h1-5H,(H2,11,12). The predicted molar refractivity (Wildman–Crippen MR) is 54.1 cm³/mol. The Morgan fingerprint density at radius 2 is 2.08 bits per heavy atom. The Bertz CT molecular complexity index is 425. The largest absolute Gasteiger partial charge is 0.432 e. The minimum Gasteiger partial charge on any atom is -0.432 e. The molecule has 0 aliphatic carbocycles. The van der Waals surface area contributed by atoms with E-state index in [0.29, 0.717) is 0 Å². The van der Waals surface area contributed by atoms with Gasteiger partial charge in [-0.15, -0.1) is 0 Å². The van der Waals surface area contributed by atoms with Crippen molar-refractivity contribution in [3.8, 4) is 11.3 Å². The molecule has 3 nitrogen and oxygen atoms in total. The van der Waals surface area contributed by atoms with Crippen molar-refractivity contribution < 1.29 is 4.42 Å². The van der Waals surface area contributed by atoms with Crippen molar-refractivity contribution in [3.05, 3.63) is 35.0 Å². The van der Waals surface area contributed by atoms with E-state index in [-0.39, 0.29) is 6.01 Å². The molecule has 2 N–H and O–H groups in total. The van der Waals surface area contributed by atoms with Crippen LogP contribution >= 0.6 is 15.9 Å². The van der Waals surface area contributed by atoms with Crippen LogP contribution in [0.15, 0.2) is 39.4 Å². The third kappa shape index (κ3) is 1.58. The van der Waals surface area contributed by atoms with Gasteiger partial charge in [0, 0.05) is 10.0 Å². The van der Waals surface area contributed by atoms with Gasteiger partial charge in [0.1, 0.15) is 12.0 Å². The fraction of sp³-hybridized carbons (Fsp3) is 0. The maximum atomic E-state index is 5.37. The number of hydrogen-bond acceptors (Lipinski definition) is 3. The average molecular weight is 239 g/mol. The molecule has 0 radical (unpaired) electrons. The Labute approximate surface area is 83.7 Å². The lowest BCUT2D eigenvalue weighted by Gasteiger charge is -1.97. The number of halogens is 1. The van der Waals surface area contributed by atoms with E-state index in [4.69, 9.17) is 10.2 Å². The number of nitrogens with zero attached hydrogens (tertiary/aromatic N) is 1. The topological polar surface area (TPSA) is 52.0 Å². The number of nitrogen functional groups attached to an aromatic ring is 1. The zero-order chi connectivity index (χ0) is 9.26. The van der Waals surface area contributed by atoms with Crippen LogP contribution < -0.4 is 5.73 Å². The molecule has 13 heavy (non-hydrogen) atoms. The first-order valence-electron chi connectivity index (χ1n) is 3.73. The first-order valence-corrected chi connectivity index (χ1v) is 4.52. The predicted octanol–water partition coefficient (Wildman–Crippen LogP) is 2.69.